The van der Waals surface area contributed by atoms with Crippen molar-refractivity contribution in [3.8, 4) is 6.07 Å². The second kappa shape index (κ2) is 6.92. The highest BCUT2D eigenvalue weighted by atomic mass is 16.2. The fraction of sp³-hybridized carbons (Fsp3) is 0.174. The molecule has 0 saturated carbocycles. The van der Waals surface area contributed by atoms with Gasteiger partial charge in [-0.1, -0.05) is 30.3 Å². The highest BCUT2D eigenvalue weighted by Gasteiger charge is 2.56. The van der Waals surface area contributed by atoms with Crippen molar-refractivity contribution < 1.29 is 14.4 Å². The summed E-state index contributed by atoms with van der Waals surface area (Å²) in [5.41, 5.74) is 1.50. The summed E-state index contributed by atoms with van der Waals surface area (Å²) in [6, 6.07) is 17.3. The van der Waals surface area contributed by atoms with Crippen LogP contribution in [0.1, 0.15) is 12.0 Å². The molecule has 3 aromatic rings. The number of anilines is 2. The number of carbonyl (C=O) groups is 3. The van der Waals surface area contributed by atoms with E-state index in [9.17, 15) is 19.6 Å². The van der Waals surface area contributed by atoms with E-state index in [1.807, 2.05) is 30.3 Å². The number of pyridine rings is 1. The molecule has 5 rings (SSSR count). The Hall–Kier alpha value is -4.25. The Morgan fingerprint density at radius 1 is 1.19 bits per heavy atom. The molecule has 8 nitrogen and oxygen atoms in total. The second-order valence-corrected chi connectivity index (χ2v) is 7.73. The van der Waals surface area contributed by atoms with Crippen molar-refractivity contribution >= 4 is 40.0 Å². The number of aromatic nitrogens is 1. The average molecular weight is 411 g/mol. The van der Waals surface area contributed by atoms with E-state index in [0.717, 1.165) is 10.9 Å². The van der Waals surface area contributed by atoms with Crippen molar-refractivity contribution in [1.29, 1.82) is 5.26 Å². The summed E-state index contributed by atoms with van der Waals surface area (Å²) in [4.78, 5) is 43.9. The Kier molecular flexibility index (Phi) is 4.19. The van der Waals surface area contributed by atoms with Crippen molar-refractivity contribution in [3.05, 3.63) is 66.4 Å². The van der Waals surface area contributed by atoms with E-state index in [1.165, 1.54) is 4.90 Å². The number of fused-ring (bicyclic) bond motifs is 3. The molecule has 1 aromatic heterocycles. The third kappa shape index (κ3) is 2.90. The lowest BCUT2D eigenvalue weighted by atomic mass is 9.80. The molecule has 2 aromatic carbocycles. The van der Waals surface area contributed by atoms with Gasteiger partial charge in [0.2, 0.25) is 5.91 Å². The number of carbonyl (C=O) groups excluding carboxylic acids is 3. The summed E-state index contributed by atoms with van der Waals surface area (Å²) < 4.78 is 0. The molecule has 2 aliphatic heterocycles. The van der Waals surface area contributed by atoms with Crippen molar-refractivity contribution in [2.75, 3.05) is 17.2 Å². The zero-order valence-corrected chi connectivity index (χ0v) is 16.3. The first-order valence-electron chi connectivity index (χ1n) is 9.79. The number of nitrogens with one attached hydrogen (secondary N) is 2. The Bertz CT molecular complexity index is 1300. The van der Waals surface area contributed by atoms with Gasteiger partial charge in [-0.3, -0.25) is 19.4 Å². The summed E-state index contributed by atoms with van der Waals surface area (Å²) in [5, 5.41) is 16.0. The number of benzene rings is 2. The topological polar surface area (TPSA) is 115 Å². The maximum atomic E-state index is 13.0. The predicted octanol–water partition coefficient (Wildman–Crippen LogP) is 2.19. The number of hydrogen-bond donors (Lipinski definition) is 2. The molecule has 2 aliphatic rings. The van der Waals surface area contributed by atoms with Gasteiger partial charge in [0.25, 0.3) is 0 Å². The molecular weight excluding hydrogens is 394 g/mol. The van der Waals surface area contributed by atoms with Crippen LogP contribution in [0.2, 0.25) is 0 Å². The van der Waals surface area contributed by atoms with Gasteiger partial charge in [-0.15, -0.1) is 0 Å². The fourth-order valence-corrected chi connectivity index (χ4v) is 4.43. The van der Waals surface area contributed by atoms with Crippen LogP contribution in [0.4, 0.5) is 11.4 Å². The van der Waals surface area contributed by atoms with Gasteiger partial charge in [-0.05, 0) is 29.8 Å². The Morgan fingerprint density at radius 3 is 2.87 bits per heavy atom. The van der Waals surface area contributed by atoms with E-state index in [4.69, 9.17) is 0 Å². The van der Waals surface area contributed by atoms with Crippen molar-refractivity contribution in [2.24, 2.45) is 0 Å². The number of nitrogens with zero attached hydrogens (tertiary/aromatic N) is 3. The minimum absolute atomic E-state index is 0.0282. The van der Waals surface area contributed by atoms with Crippen molar-refractivity contribution in [1.82, 2.24) is 9.88 Å². The van der Waals surface area contributed by atoms with Gasteiger partial charge in [-0.25, -0.2) is 0 Å². The lowest BCUT2D eigenvalue weighted by Gasteiger charge is -2.22. The van der Waals surface area contributed by atoms with E-state index in [0.29, 0.717) is 16.9 Å². The second-order valence-electron chi connectivity index (χ2n) is 7.73. The van der Waals surface area contributed by atoms with E-state index in [-0.39, 0.29) is 18.9 Å². The summed E-state index contributed by atoms with van der Waals surface area (Å²) in [7, 11) is 0. The summed E-state index contributed by atoms with van der Waals surface area (Å²) in [6.45, 7) is -0.0282. The summed E-state index contributed by atoms with van der Waals surface area (Å²) in [6.07, 6.45) is 1.79. The maximum absolute atomic E-state index is 13.0. The van der Waals surface area contributed by atoms with Crippen LogP contribution < -0.4 is 10.6 Å². The predicted molar refractivity (Wildman–Crippen MR) is 113 cm³/mol. The van der Waals surface area contributed by atoms with Crippen molar-refractivity contribution in [2.45, 2.75) is 17.9 Å². The largest absolute Gasteiger partial charge is 0.325 e. The van der Waals surface area contributed by atoms with Crippen LogP contribution in [-0.4, -0.2) is 40.2 Å². The van der Waals surface area contributed by atoms with Gasteiger partial charge in [0.05, 0.1) is 17.0 Å². The molecule has 3 amide bonds. The number of nitriles is 1. The first kappa shape index (κ1) is 18.8. The van der Waals surface area contributed by atoms with Crippen LogP contribution in [0.15, 0.2) is 60.8 Å². The van der Waals surface area contributed by atoms with E-state index in [2.05, 4.69) is 21.7 Å². The van der Waals surface area contributed by atoms with Gasteiger partial charge in [0.15, 0.2) is 0 Å². The molecule has 0 aliphatic carbocycles. The highest BCUT2D eigenvalue weighted by molar-refractivity contribution is 6.40. The van der Waals surface area contributed by atoms with Crippen LogP contribution in [0.5, 0.6) is 0 Å². The van der Waals surface area contributed by atoms with Crippen molar-refractivity contribution in [3.63, 3.8) is 0 Å². The van der Waals surface area contributed by atoms with Crippen LogP contribution >= 0.6 is 0 Å². The van der Waals surface area contributed by atoms with Crippen LogP contribution in [-0.2, 0) is 19.8 Å². The lowest BCUT2D eigenvalue weighted by Crippen LogP contribution is -2.44. The number of hydrogen-bond acceptors (Lipinski definition) is 5. The minimum atomic E-state index is -1.03. The molecular formula is C23H17N5O3. The molecule has 1 fully saturated rings. The average Bonchev–Trinajstić information content (AvgIpc) is 3.31. The number of likely N-dealkylation sites (tertiary alicyclic amines) is 1. The van der Waals surface area contributed by atoms with E-state index < -0.39 is 23.3 Å². The van der Waals surface area contributed by atoms with Gasteiger partial charge in [0.1, 0.15) is 6.04 Å². The molecule has 2 atom stereocenters. The first-order valence-corrected chi connectivity index (χ1v) is 9.79. The van der Waals surface area contributed by atoms with Crippen LogP contribution in [0.25, 0.3) is 10.9 Å². The van der Waals surface area contributed by atoms with Gasteiger partial charge >= 0.3 is 11.8 Å². The quantitative estimate of drug-likeness (QED) is 0.596. The van der Waals surface area contributed by atoms with Gasteiger partial charge in [0, 0.05) is 35.9 Å². The molecule has 0 radical (unpaired) electrons. The molecule has 1 spiro atoms. The first-order chi connectivity index (χ1) is 15.0. The highest BCUT2D eigenvalue weighted by Crippen LogP contribution is 2.46. The molecule has 1 saturated heterocycles. The summed E-state index contributed by atoms with van der Waals surface area (Å²) >= 11 is 0. The molecule has 0 unspecified atom stereocenters. The number of para-hydroxylation sites is 1. The SMILES string of the molecule is N#C[C@@H]1C[C@@]2(CN1C(=O)C(=O)Nc1ccc3cccnc3c1)C(=O)Nc1ccccc12. The Labute approximate surface area is 177 Å². The molecule has 31 heavy (non-hydrogen) atoms. The van der Waals surface area contributed by atoms with Crippen LogP contribution in [0, 0.1) is 11.3 Å². The van der Waals surface area contributed by atoms with Gasteiger partial charge < -0.3 is 15.5 Å². The Balaban J connectivity index is 1.40. The number of amides is 3. The standard InChI is InChI=1S/C23H17N5O3/c24-12-16-11-23(17-5-1-2-6-18(17)27-22(23)31)13-28(16)21(30)20(29)26-15-8-7-14-4-3-9-25-19(14)10-15/h1-10,16H,11,13H2,(H,26,29)(H,27,31)/t16-,23-/m0/s1. The normalized spacial score (nSPS) is 21.6. The monoisotopic (exact) mass is 411 g/mol. The molecule has 0 bridgehead atoms. The maximum Gasteiger partial charge on any atom is 0.313 e. The lowest BCUT2D eigenvalue weighted by molar-refractivity contribution is -0.143. The molecule has 152 valence electrons. The molecule has 2 N–H and O–H groups in total. The minimum Gasteiger partial charge on any atom is -0.325 e. The smallest absolute Gasteiger partial charge is 0.313 e. The third-order valence-corrected chi connectivity index (χ3v) is 5.95. The van der Waals surface area contributed by atoms with Crippen LogP contribution in [0.3, 0.4) is 0 Å². The summed E-state index contributed by atoms with van der Waals surface area (Å²) in [5.74, 6) is -1.97. The Morgan fingerprint density at radius 2 is 2.03 bits per heavy atom. The number of rotatable bonds is 1. The molecule has 3 heterocycles. The zero-order valence-electron chi connectivity index (χ0n) is 16.3. The van der Waals surface area contributed by atoms with E-state index in [1.54, 1.807) is 30.5 Å². The zero-order chi connectivity index (χ0) is 21.6. The van der Waals surface area contributed by atoms with E-state index >= 15 is 0 Å². The van der Waals surface area contributed by atoms with Gasteiger partial charge in [-0.2, -0.15) is 5.26 Å². The molecule has 8 heteroatoms. The fourth-order valence-electron chi connectivity index (χ4n) is 4.43. The third-order valence-electron chi connectivity index (χ3n) is 5.95.